The molecule has 0 saturated carbocycles. The molecule has 4 heteroatoms. The van der Waals surface area contributed by atoms with E-state index in [1.54, 1.807) is 11.8 Å². The van der Waals surface area contributed by atoms with Gasteiger partial charge < -0.3 is 14.9 Å². The Labute approximate surface area is 64.4 Å². The number of rotatable bonds is 2. The van der Waals surface area contributed by atoms with Crippen LogP contribution < -0.4 is 0 Å². The highest BCUT2D eigenvalue weighted by molar-refractivity contribution is 7.98. The highest BCUT2D eigenvalue weighted by Gasteiger charge is 2.33. The molecule has 0 unspecified atom stereocenters. The van der Waals surface area contributed by atoms with Crippen LogP contribution in [0.15, 0.2) is 0 Å². The number of thioether (sulfide) groups is 1. The summed E-state index contributed by atoms with van der Waals surface area (Å²) in [6.45, 7) is 0.270. The van der Waals surface area contributed by atoms with Crippen molar-refractivity contribution in [3.63, 3.8) is 0 Å². The van der Waals surface area contributed by atoms with Crippen molar-refractivity contribution in [3.05, 3.63) is 0 Å². The van der Waals surface area contributed by atoms with Crippen LogP contribution in [0.5, 0.6) is 0 Å². The fourth-order valence-electron chi connectivity index (χ4n) is 0.978. The minimum atomic E-state index is -0.688. The Kier molecular flexibility index (Phi) is 2.97. The van der Waals surface area contributed by atoms with E-state index in [-0.39, 0.29) is 12.7 Å². The van der Waals surface area contributed by atoms with Crippen LogP contribution in [-0.2, 0) is 4.74 Å². The van der Waals surface area contributed by atoms with Crippen LogP contribution >= 0.6 is 11.8 Å². The van der Waals surface area contributed by atoms with E-state index in [1.807, 2.05) is 6.26 Å². The van der Waals surface area contributed by atoms with Gasteiger partial charge in [0.05, 0.1) is 12.7 Å². The summed E-state index contributed by atoms with van der Waals surface area (Å²) in [6.07, 6.45) is 0.399. The first-order chi connectivity index (χ1) is 4.75. The van der Waals surface area contributed by atoms with E-state index in [2.05, 4.69) is 0 Å². The summed E-state index contributed by atoms with van der Waals surface area (Å²) in [7, 11) is 0. The second-order valence-corrected chi connectivity index (χ2v) is 3.30. The van der Waals surface area contributed by atoms with Gasteiger partial charge in [-0.15, -0.1) is 0 Å². The molecular formula is C6H12O3S. The normalized spacial score (nSPS) is 40.5. The number of aliphatic hydroxyl groups excluding tert-OH is 2. The van der Waals surface area contributed by atoms with Gasteiger partial charge in [0.15, 0.2) is 0 Å². The minimum absolute atomic E-state index is 0.176. The van der Waals surface area contributed by atoms with E-state index in [1.165, 1.54) is 0 Å². The highest BCUT2D eigenvalue weighted by Crippen LogP contribution is 2.16. The molecule has 0 bridgehead atoms. The standard InChI is InChI=1S/C6H12O3S/c1-10-3-5-6(8)4(7)2-9-5/h4-8H,2-3H2,1H3/t4-,5-,6-/m1/s1. The molecule has 0 radical (unpaired) electrons. The van der Waals surface area contributed by atoms with Crippen LogP contribution in [0.4, 0.5) is 0 Å². The summed E-state index contributed by atoms with van der Waals surface area (Å²) in [5.74, 6) is 0.748. The lowest BCUT2D eigenvalue weighted by atomic mass is 10.2. The Morgan fingerprint density at radius 1 is 1.60 bits per heavy atom. The third kappa shape index (κ3) is 1.63. The summed E-state index contributed by atoms with van der Waals surface area (Å²) in [4.78, 5) is 0. The Bertz CT molecular complexity index is 107. The molecule has 10 heavy (non-hydrogen) atoms. The Balaban J connectivity index is 2.33. The second-order valence-electron chi connectivity index (χ2n) is 2.39. The van der Waals surface area contributed by atoms with E-state index in [0.717, 1.165) is 5.75 Å². The fraction of sp³-hybridized carbons (Fsp3) is 1.00. The molecule has 1 aliphatic heterocycles. The summed E-state index contributed by atoms with van der Waals surface area (Å²) in [5.41, 5.74) is 0. The van der Waals surface area contributed by atoms with Crippen molar-refractivity contribution >= 4 is 11.8 Å². The van der Waals surface area contributed by atoms with E-state index in [9.17, 15) is 5.11 Å². The zero-order valence-corrected chi connectivity index (χ0v) is 6.67. The molecule has 1 aliphatic rings. The zero-order chi connectivity index (χ0) is 7.56. The molecule has 0 amide bonds. The Morgan fingerprint density at radius 3 is 2.70 bits per heavy atom. The third-order valence-electron chi connectivity index (χ3n) is 1.59. The van der Waals surface area contributed by atoms with Gasteiger partial charge in [-0.25, -0.2) is 0 Å². The molecule has 2 N–H and O–H groups in total. The van der Waals surface area contributed by atoms with Crippen LogP contribution in [0.2, 0.25) is 0 Å². The van der Waals surface area contributed by atoms with Gasteiger partial charge in [0.2, 0.25) is 0 Å². The molecular weight excluding hydrogens is 152 g/mol. The van der Waals surface area contributed by atoms with Crippen LogP contribution in [-0.4, -0.2) is 47.1 Å². The smallest absolute Gasteiger partial charge is 0.109 e. The quantitative estimate of drug-likeness (QED) is 0.576. The molecule has 1 saturated heterocycles. The van der Waals surface area contributed by atoms with Crippen molar-refractivity contribution in [2.45, 2.75) is 18.3 Å². The maximum Gasteiger partial charge on any atom is 0.109 e. The van der Waals surface area contributed by atoms with Crippen molar-refractivity contribution in [3.8, 4) is 0 Å². The molecule has 0 aromatic heterocycles. The summed E-state index contributed by atoms with van der Waals surface area (Å²) in [6, 6.07) is 0. The predicted molar refractivity (Wildman–Crippen MR) is 40.1 cm³/mol. The molecule has 1 fully saturated rings. The van der Waals surface area contributed by atoms with Crippen molar-refractivity contribution < 1.29 is 14.9 Å². The van der Waals surface area contributed by atoms with Gasteiger partial charge >= 0.3 is 0 Å². The number of hydrogen-bond donors (Lipinski definition) is 2. The average Bonchev–Trinajstić information content (AvgIpc) is 2.20. The number of hydrogen-bond acceptors (Lipinski definition) is 4. The second kappa shape index (κ2) is 3.57. The largest absolute Gasteiger partial charge is 0.388 e. The van der Waals surface area contributed by atoms with Crippen molar-refractivity contribution in [2.24, 2.45) is 0 Å². The Hall–Kier alpha value is 0.230. The van der Waals surface area contributed by atoms with Gasteiger partial charge in [-0.2, -0.15) is 11.8 Å². The molecule has 0 aromatic rings. The van der Waals surface area contributed by atoms with Gasteiger partial charge in [-0.1, -0.05) is 0 Å². The topological polar surface area (TPSA) is 49.7 Å². The third-order valence-corrected chi connectivity index (χ3v) is 2.25. The predicted octanol–water partition coefficient (Wildman–Crippen LogP) is -0.530. The van der Waals surface area contributed by atoms with Crippen LogP contribution in [0, 0.1) is 0 Å². The van der Waals surface area contributed by atoms with E-state index >= 15 is 0 Å². The lowest BCUT2D eigenvalue weighted by Gasteiger charge is -2.12. The molecule has 1 rings (SSSR count). The summed E-state index contributed by atoms with van der Waals surface area (Å²) in [5, 5.41) is 18.2. The first-order valence-corrected chi connectivity index (χ1v) is 4.61. The van der Waals surface area contributed by atoms with Crippen LogP contribution in [0.25, 0.3) is 0 Å². The van der Waals surface area contributed by atoms with Gasteiger partial charge in [0, 0.05) is 5.75 Å². The van der Waals surface area contributed by atoms with E-state index < -0.39 is 12.2 Å². The van der Waals surface area contributed by atoms with Crippen molar-refractivity contribution in [1.82, 2.24) is 0 Å². The van der Waals surface area contributed by atoms with Crippen LogP contribution in [0.1, 0.15) is 0 Å². The maximum absolute atomic E-state index is 9.20. The first kappa shape index (κ1) is 8.33. The molecule has 3 nitrogen and oxygen atoms in total. The number of aliphatic hydroxyl groups is 2. The Morgan fingerprint density at radius 2 is 2.30 bits per heavy atom. The average molecular weight is 164 g/mol. The molecule has 60 valence electrons. The highest BCUT2D eigenvalue weighted by atomic mass is 32.2. The van der Waals surface area contributed by atoms with Gasteiger partial charge in [0.25, 0.3) is 0 Å². The monoisotopic (exact) mass is 164 g/mol. The number of ether oxygens (including phenoxy) is 1. The molecule has 3 atom stereocenters. The molecule has 1 heterocycles. The van der Waals surface area contributed by atoms with E-state index in [4.69, 9.17) is 9.84 Å². The maximum atomic E-state index is 9.20. The van der Waals surface area contributed by atoms with Gasteiger partial charge in [-0.05, 0) is 6.26 Å². The van der Waals surface area contributed by atoms with Crippen molar-refractivity contribution in [1.29, 1.82) is 0 Å². The minimum Gasteiger partial charge on any atom is -0.388 e. The van der Waals surface area contributed by atoms with Crippen molar-refractivity contribution in [2.75, 3.05) is 18.6 Å². The van der Waals surface area contributed by atoms with Gasteiger partial charge in [0.1, 0.15) is 12.2 Å². The van der Waals surface area contributed by atoms with Gasteiger partial charge in [-0.3, -0.25) is 0 Å². The molecule has 0 aliphatic carbocycles. The fourth-order valence-corrected chi connectivity index (χ4v) is 1.60. The summed E-state index contributed by atoms with van der Waals surface area (Å²) >= 11 is 1.61. The molecule has 0 aromatic carbocycles. The molecule has 0 spiro atoms. The zero-order valence-electron chi connectivity index (χ0n) is 5.86. The first-order valence-electron chi connectivity index (χ1n) is 3.22. The van der Waals surface area contributed by atoms with E-state index in [0.29, 0.717) is 0 Å². The lowest BCUT2D eigenvalue weighted by molar-refractivity contribution is 0.0337. The SMILES string of the molecule is CSC[C@H]1OC[C@@H](O)[C@H]1O. The summed E-state index contributed by atoms with van der Waals surface area (Å²) < 4.78 is 5.10. The van der Waals surface area contributed by atoms with Crippen LogP contribution in [0.3, 0.4) is 0 Å². The lowest BCUT2D eigenvalue weighted by Crippen LogP contribution is -2.31.